The van der Waals surface area contributed by atoms with Crippen molar-refractivity contribution in [2.24, 2.45) is 0 Å². The average molecular weight is 707 g/mol. The van der Waals surface area contributed by atoms with E-state index in [1.165, 1.54) is 9.78 Å². The molecule has 0 bridgehead atoms. The summed E-state index contributed by atoms with van der Waals surface area (Å²) in [6.45, 7) is 0. The fourth-order valence-corrected chi connectivity index (χ4v) is 6.35. The Morgan fingerprint density at radius 2 is 1.36 bits per heavy atom. The molecule has 0 aliphatic rings. The molecule has 0 spiro atoms. The van der Waals surface area contributed by atoms with Gasteiger partial charge in [0.2, 0.25) is 0 Å². The minimum absolute atomic E-state index is 0. The molecule has 3 aromatic carbocycles. The Hall–Kier alpha value is -3.05. The number of pyridine rings is 2. The molecule has 1 radical (unpaired) electrons. The van der Waals surface area contributed by atoms with Gasteiger partial charge in [0.25, 0.3) is 0 Å². The van der Waals surface area contributed by atoms with Crippen LogP contribution in [-0.4, -0.2) is 23.2 Å². The van der Waals surface area contributed by atoms with Gasteiger partial charge in [-0.25, -0.2) is 0 Å². The van der Waals surface area contributed by atoms with Crippen molar-refractivity contribution in [2.45, 2.75) is 17.3 Å². The molecule has 0 amide bonds. The van der Waals surface area contributed by atoms with Gasteiger partial charge in [-0.3, -0.25) is 0 Å². The van der Waals surface area contributed by atoms with Crippen LogP contribution < -0.4 is 4.40 Å². The minimum Gasteiger partial charge on any atom is -0.305 e. The van der Waals surface area contributed by atoms with Crippen molar-refractivity contribution >= 4 is 39.6 Å². The van der Waals surface area contributed by atoms with Crippen LogP contribution in [0.2, 0.25) is 17.3 Å². The number of benzene rings is 3. The van der Waals surface area contributed by atoms with E-state index in [1.54, 1.807) is 6.20 Å². The summed E-state index contributed by atoms with van der Waals surface area (Å²) in [5.74, 6) is 7.22. The molecule has 36 heavy (non-hydrogen) atoms. The fraction of sp³-hybridized carbons (Fsp3) is 0.0968. The Morgan fingerprint density at radius 1 is 0.667 bits per heavy atom. The van der Waals surface area contributed by atoms with Crippen LogP contribution in [0.4, 0.5) is 0 Å². The van der Waals surface area contributed by atoms with Gasteiger partial charge in [0.1, 0.15) is 0 Å². The summed E-state index contributed by atoms with van der Waals surface area (Å²) in [4.78, 5) is 8.83. The van der Waals surface area contributed by atoms with E-state index in [-0.39, 0.29) is 20.1 Å². The first kappa shape index (κ1) is 26.0. The van der Waals surface area contributed by atoms with Gasteiger partial charge in [-0.1, -0.05) is 12.1 Å². The normalized spacial score (nSPS) is 11.0. The van der Waals surface area contributed by atoms with E-state index in [1.807, 2.05) is 79.0 Å². The summed E-state index contributed by atoms with van der Waals surface area (Å²) < 4.78 is 7.54. The van der Waals surface area contributed by atoms with Crippen molar-refractivity contribution in [2.75, 3.05) is 0 Å². The maximum absolute atomic E-state index is 6.05. The zero-order valence-electron chi connectivity index (χ0n) is 20.5. The van der Waals surface area contributed by atoms with Crippen molar-refractivity contribution in [1.29, 1.82) is 0 Å². The van der Waals surface area contributed by atoms with E-state index in [0.29, 0.717) is 0 Å². The van der Waals surface area contributed by atoms with Crippen molar-refractivity contribution < 1.29 is 24.5 Å². The zero-order valence-corrected chi connectivity index (χ0v) is 24.9. The molecule has 3 heterocycles. The second-order valence-corrected chi connectivity index (χ2v) is 20.0. The Kier molecular flexibility index (Phi) is 8.20. The standard InChI is InChI=1S/C20H18GeNO.C11H8N.Ir/c1-21(2,3)15-9-10-19-16(11-15)17-13-22-18(12-20(17)23-19)14-7-5-4-6-8-14;1-2-6-10(7-3-1)11-8-4-5-9-12-11;/h4-7,9-13H,1-3H3;1-6,8-9H;/q2*-1;. The van der Waals surface area contributed by atoms with Gasteiger partial charge in [-0.2, -0.15) is 0 Å². The van der Waals surface area contributed by atoms with Crippen LogP contribution >= 0.6 is 0 Å². The summed E-state index contributed by atoms with van der Waals surface area (Å²) in [7, 11) is 0. The predicted molar refractivity (Wildman–Crippen MR) is 147 cm³/mol. The van der Waals surface area contributed by atoms with E-state index in [4.69, 9.17) is 4.42 Å². The Labute approximate surface area is 228 Å². The number of hydrogen-bond acceptors (Lipinski definition) is 3. The zero-order chi connectivity index (χ0) is 24.3. The largest absolute Gasteiger partial charge is 0.305 e. The van der Waals surface area contributed by atoms with Crippen molar-refractivity contribution in [3.8, 4) is 22.5 Å². The summed E-state index contributed by atoms with van der Waals surface area (Å²) in [5, 5.41) is 2.27. The molecule has 6 aromatic rings. The second kappa shape index (κ2) is 11.3. The number of hydrogen-bond donors (Lipinski definition) is 0. The van der Waals surface area contributed by atoms with Crippen molar-refractivity contribution in [3.63, 3.8) is 0 Å². The summed E-state index contributed by atoms with van der Waals surface area (Å²) in [6.07, 6.45) is 3.72. The Morgan fingerprint density at radius 3 is 1.97 bits per heavy atom. The second-order valence-electron chi connectivity index (χ2n) is 9.40. The number of nitrogens with zero attached hydrogens (tertiary/aromatic N) is 2. The molecule has 0 unspecified atom stereocenters. The first-order valence-corrected chi connectivity index (χ1v) is 19.0. The van der Waals surface area contributed by atoms with Gasteiger partial charge in [-0.15, -0.1) is 35.9 Å². The smallest absolute Gasteiger partial charge is 0.0160 e. The minimum atomic E-state index is -1.85. The van der Waals surface area contributed by atoms with E-state index in [9.17, 15) is 0 Å². The fourth-order valence-electron chi connectivity index (χ4n) is 3.91. The number of fused-ring (bicyclic) bond motifs is 3. The van der Waals surface area contributed by atoms with Crippen LogP contribution in [0.5, 0.6) is 0 Å². The van der Waals surface area contributed by atoms with Crippen LogP contribution in [0.25, 0.3) is 44.5 Å². The predicted octanol–water partition coefficient (Wildman–Crippen LogP) is 7.54. The van der Waals surface area contributed by atoms with Crippen LogP contribution in [0.3, 0.4) is 0 Å². The Bertz CT molecular complexity index is 1520. The molecule has 3 aromatic heterocycles. The molecule has 0 aliphatic heterocycles. The van der Waals surface area contributed by atoms with E-state index in [0.717, 1.165) is 39.1 Å². The van der Waals surface area contributed by atoms with Crippen molar-refractivity contribution in [1.82, 2.24) is 9.97 Å². The third-order valence-corrected chi connectivity index (χ3v) is 10.1. The van der Waals surface area contributed by atoms with Gasteiger partial charge in [-0.05, 0) is 11.8 Å². The molecule has 0 aliphatic carbocycles. The number of rotatable bonds is 3. The maximum atomic E-state index is 6.05. The summed E-state index contributed by atoms with van der Waals surface area (Å²) in [6, 6.07) is 36.6. The molecule has 0 fully saturated rings. The third-order valence-electron chi connectivity index (χ3n) is 5.86. The van der Waals surface area contributed by atoms with Gasteiger partial charge in [0.15, 0.2) is 0 Å². The summed E-state index contributed by atoms with van der Waals surface area (Å²) >= 11 is -1.85. The number of aromatic nitrogens is 2. The molecule has 5 heteroatoms. The monoisotopic (exact) mass is 709 g/mol. The van der Waals surface area contributed by atoms with Crippen LogP contribution in [0.1, 0.15) is 0 Å². The Balaban J connectivity index is 0.000000198. The number of furan rings is 1. The molecule has 3 nitrogen and oxygen atoms in total. The molecule has 0 saturated carbocycles. The van der Waals surface area contributed by atoms with Crippen molar-refractivity contribution in [3.05, 3.63) is 116 Å². The van der Waals surface area contributed by atoms with Gasteiger partial charge in [0.05, 0.1) is 0 Å². The topological polar surface area (TPSA) is 38.9 Å². The maximum Gasteiger partial charge on any atom is 0.0160 e. The average Bonchev–Trinajstić information content (AvgIpc) is 3.27. The third kappa shape index (κ3) is 5.84. The molecular weight excluding hydrogens is 681 g/mol. The van der Waals surface area contributed by atoms with Crippen LogP contribution in [0, 0.1) is 12.1 Å². The summed E-state index contributed by atoms with van der Waals surface area (Å²) in [5.41, 5.74) is 5.72. The molecular formula is C31H26GeIrN2O-2. The molecule has 0 N–H and O–H groups in total. The molecule has 0 atom stereocenters. The molecule has 181 valence electrons. The van der Waals surface area contributed by atoms with E-state index in [2.05, 4.69) is 57.6 Å². The first-order chi connectivity index (χ1) is 17.0. The molecule has 0 saturated heterocycles. The SMILES string of the molecule is [CH3][Ge]([CH3])([CH3])[c]1ccc2oc3cc(-c4[c-]cccc4)ncc3c2c1.[Ir].[c-]1ccccc1-c1ccccn1. The first-order valence-electron chi connectivity index (χ1n) is 11.7. The van der Waals surface area contributed by atoms with E-state index < -0.39 is 13.3 Å². The van der Waals surface area contributed by atoms with E-state index >= 15 is 0 Å². The van der Waals surface area contributed by atoms with Crippen LogP contribution in [0.15, 0.2) is 108 Å². The quantitative estimate of drug-likeness (QED) is 0.141. The van der Waals surface area contributed by atoms with Gasteiger partial charge >= 0.3 is 138 Å². The van der Waals surface area contributed by atoms with Gasteiger partial charge < -0.3 is 4.98 Å². The molecule has 6 rings (SSSR count). The van der Waals surface area contributed by atoms with Crippen LogP contribution in [-0.2, 0) is 20.1 Å². The van der Waals surface area contributed by atoms with Gasteiger partial charge in [0, 0.05) is 26.3 Å².